The highest BCUT2D eigenvalue weighted by atomic mass is 19.4. The molecule has 0 N–H and O–H groups in total. The van der Waals surface area contributed by atoms with Crippen LogP contribution in [0.2, 0.25) is 0 Å². The molecule has 0 unspecified atom stereocenters. The first-order chi connectivity index (χ1) is 18.2. The third-order valence-electron chi connectivity index (χ3n) is 6.76. The summed E-state index contributed by atoms with van der Waals surface area (Å²) in [6, 6.07) is 10.5. The van der Waals surface area contributed by atoms with Gasteiger partial charge in [-0.2, -0.15) is 13.2 Å². The highest BCUT2D eigenvalue weighted by molar-refractivity contribution is 5.71. The summed E-state index contributed by atoms with van der Waals surface area (Å²) in [6.07, 6.45) is 4.04. The van der Waals surface area contributed by atoms with Gasteiger partial charge < -0.3 is 0 Å². The number of aromatic nitrogens is 4. The van der Waals surface area contributed by atoms with Crippen LogP contribution >= 0.6 is 0 Å². The molecule has 200 valence electrons. The van der Waals surface area contributed by atoms with Crippen LogP contribution in [-0.4, -0.2) is 19.5 Å². The molecular weight excluding hydrogens is 496 g/mol. The lowest BCUT2D eigenvalue weighted by Crippen LogP contribution is -2.29. The van der Waals surface area contributed by atoms with Gasteiger partial charge in [-0.3, -0.25) is 14.3 Å². The Kier molecular flexibility index (Phi) is 8.54. The Hall–Kier alpha value is -3.62. The summed E-state index contributed by atoms with van der Waals surface area (Å²) in [4.78, 5) is 26.3. The Bertz CT molecular complexity index is 1440. The molecule has 38 heavy (non-hydrogen) atoms. The Morgan fingerprint density at radius 3 is 2.42 bits per heavy atom. The van der Waals surface area contributed by atoms with Crippen molar-refractivity contribution in [2.75, 3.05) is 0 Å². The first kappa shape index (κ1) is 27.4. The average Bonchev–Trinajstić information content (AvgIpc) is 2.90. The molecule has 3 aromatic heterocycles. The minimum Gasteiger partial charge on any atom is -0.285 e. The van der Waals surface area contributed by atoms with Crippen molar-refractivity contribution in [3.05, 3.63) is 99.1 Å². The molecule has 5 rings (SSSR count). The van der Waals surface area contributed by atoms with Gasteiger partial charge in [-0.1, -0.05) is 38.3 Å². The highest BCUT2D eigenvalue weighted by Crippen LogP contribution is 2.33. The van der Waals surface area contributed by atoms with E-state index in [9.17, 15) is 22.4 Å². The lowest BCUT2D eigenvalue weighted by Gasteiger charge is -2.23. The van der Waals surface area contributed by atoms with Gasteiger partial charge in [0.2, 0.25) is 0 Å². The molecule has 5 nitrogen and oxygen atoms in total. The van der Waals surface area contributed by atoms with E-state index in [1.165, 1.54) is 29.0 Å². The standard InChI is InChI=1S/C22H23F3N4O.C7H7F/c1-2-15-12-27-20-18(28-15)11-16(14-7-4-3-5-8-14)21(30)29(20)13-19-17(22(23,24)25)9-6-10-26-19;1-6-3-2-4-7(8)5-6/h6,9-12,14H,2-5,7-8,13H2,1H3;2-5H,1H3. The number of rotatable bonds is 4. The van der Waals surface area contributed by atoms with Gasteiger partial charge in [-0.25, -0.2) is 14.4 Å². The summed E-state index contributed by atoms with van der Waals surface area (Å²) in [5, 5.41) is 0. The average molecular weight is 527 g/mol. The molecule has 0 radical (unpaired) electrons. The van der Waals surface area contributed by atoms with Crippen LogP contribution in [0.4, 0.5) is 17.6 Å². The molecule has 3 heterocycles. The maximum Gasteiger partial charge on any atom is 0.418 e. The zero-order valence-electron chi connectivity index (χ0n) is 21.4. The second-order valence-corrected chi connectivity index (χ2v) is 9.54. The monoisotopic (exact) mass is 526 g/mol. The molecular formula is C29H30F4N4O. The first-order valence-corrected chi connectivity index (χ1v) is 12.8. The Morgan fingerprint density at radius 1 is 1.03 bits per heavy atom. The molecule has 0 amide bonds. The van der Waals surface area contributed by atoms with Crippen molar-refractivity contribution in [3.8, 4) is 0 Å². The Balaban J connectivity index is 0.000000360. The normalized spacial score (nSPS) is 14.3. The van der Waals surface area contributed by atoms with E-state index in [0.717, 1.165) is 49.4 Å². The number of pyridine rings is 2. The molecule has 1 aromatic carbocycles. The number of aryl methyl sites for hydroxylation is 2. The van der Waals surface area contributed by atoms with Gasteiger partial charge in [0, 0.05) is 11.8 Å². The summed E-state index contributed by atoms with van der Waals surface area (Å²) in [5.74, 6) is -0.0650. The zero-order chi connectivity index (χ0) is 27.3. The fraction of sp³-hybridized carbons (Fsp3) is 0.379. The maximum atomic E-state index is 13.5. The van der Waals surface area contributed by atoms with Crippen LogP contribution in [0.25, 0.3) is 11.2 Å². The number of alkyl halides is 3. The Labute approximate surface area is 218 Å². The van der Waals surface area contributed by atoms with Crippen molar-refractivity contribution < 1.29 is 17.6 Å². The van der Waals surface area contributed by atoms with Gasteiger partial charge >= 0.3 is 6.18 Å². The van der Waals surface area contributed by atoms with E-state index in [4.69, 9.17) is 0 Å². The molecule has 1 aliphatic carbocycles. The smallest absolute Gasteiger partial charge is 0.285 e. The van der Waals surface area contributed by atoms with Crippen LogP contribution in [0.3, 0.4) is 0 Å². The van der Waals surface area contributed by atoms with E-state index in [0.29, 0.717) is 17.5 Å². The molecule has 0 atom stereocenters. The van der Waals surface area contributed by atoms with Crippen LogP contribution in [0.5, 0.6) is 0 Å². The molecule has 0 aliphatic heterocycles. The van der Waals surface area contributed by atoms with Crippen molar-refractivity contribution in [1.29, 1.82) is 0 Å². The van der Waals surface area contributed by atoms with Crippen molar-refractivity contribution in [2.45, 2.75) is 71.0 Å². The summed E-state index contributed by atoms with van der Waals surface area (Å²) >= 11 is 0. The fourth-order valence-corrected chi connectivity index (χ4v) is 4.80. The van der Waals surface area contributed by atoms with E-state index in [1.807, 2.05) is 19.9 Å². The van der Waals surface area contributed by atoms with E-state index < -0.39 is 11.7 Å². The van der Waals surface area contributed by atoms with Gasteiger partial charge in [0.15, 0.2) is 5.65 Å². The van der Waals surface area contributed by atoms with Crippen molar-refractivity contribution >= 4 is 11.2 Å². The molecule has 0 spiro atoms. The van der Waals surface area contributed by atoms with Gasteiger partial charge in [0.1, 0.15) is 11.3 Å². The first-order valence-electron chi connectivity index (χ1n) is 12.8. The number of benzene rings is 1. The van der Waals surface area contributed by atoms with Crippen LogP contribution in [0.1, 0.15) is 73.0 Å². The molecule has 4 aromatic rings. The largest absolute Gasteiger partial charge is 0.418 e. The maximum absolute atomic E-state index is 13.5. The van der Waals surface area contributed by atoms with Gasteiger partial charge in [0.25, 0.3) is 5.56 Å². The minimum atomic E-state index is -4.55. The van der Waals surface area contributed by atoms with Gasteiger partial charge in [0.05, 0.1) is 29.7 Å². The zero-order valence-corrected chi connectivity index (χ0v) is 21.4. The third kappa shape index (κ3) is 6.44. The van der Waals surface area contributed by atoms with Crippen LogP contribution in [0.15, 0.2) is 59.7 Å². The van der Waals surface area contributed by atoms with Crippen LogP contribution < -0.4 is 5.56 Å². The molecule has 0 saturated heterocycles. The summed E-state index contributed by atoms with van der Waals surface area (Å²) < 4.78 is 53.9. The second-order valence-electron chi connectivity index (χ2n) is 9.54. The molecule has 0 bridgehead atoms. The number of halogens is 4. The van der Waals surface area contributed by atoms with Gasteiger partial charge in [-0.05, 0) is 68.0 Å². The number of hydrogen-bond acceptors (Lipinski definition) is 4. The Morgan fingerprint density at radius 2 is 1.79 bits per heavy atom. The minimum absolute atomic E-state index is 0.0970. The van der Waals surface area contributed by atoms with Crippen LogP contribution in [-0.2, 0) is 19.1 Å². The SMILES string of the molecule is CCc1cnc2c(cc(C3CCCCC3)c(=O)n2Cc2ncccc2C(F)(F)F)n1.Cc1cccc(F)c1. The van der Waals surface area contributed by atoms with Crippen molar-refractivity contribution in [3.63, 3.8) is 0 Å². The summed E-state index contributed by atoms with van der Waals surface area (Å²) in [7, 11) is 0. The molecule has 1 aliphatic rings. The van der Waals surface area contributed by atoms with E-state index in [-0.39, 0.29) is 35.2 Å². The summed E-state index contributed by atoms with van der Waals surface area (Å²) in [6.45, 7) is 3.52. The second kappa shape index (κ2) is 11.8. The topological polar surface area (TPSA) is 60.7 Å². The summed E-state index contributed by atoms with van der Waals surface area (Å²) in [5.41, 5.74) is 1.85. The third-order valence-corrected chi connectivity index (χ3v) is 6.76. The predicted molar refractivity (Wildman–Crippen MR) is 138 cm³/mol. The predicted octanol–water partition coefficient (Wildman–Crippen LogP) is 7.00. The van der Waals surface area contributed by atoms with Crippen molar-refractivity contribution in [2.24, 2.45) is 0 Å². The van der Waals surface area contributed by atoms with E-state index in [1.54, 1.807) is 18.3 Å². The fourth-order valence-electron chi connectivity index (χ4n) is 4.80. The quantitative estimate of drug-likeness (QED) is 0.269. The van der Waals surface area contributed by atoms with Crippen LogP contribution in [0, 0.1) is 12.7 Å². The molecule has 9 heteroatoms. The van der Waals surface area contributed by atoms with E-state index in [2.05, 4.69) is 15.0 Å². The lowest BCUT2D eigenvalue weighted by molar-refractivity contribution is -0.138. The molecule has 1 fully saturated rings. The lowest BCUT2D eigenvalue weighted by atomic mass is 9.84. The number of fused-ring (bicyclic) bond motifs is 1. The van der Waals surface area contributed by atoms with Gasteiger partial charge in [-0.15, -0.1) is 0 Å². The van der Waals surface area contributed by atoms with E-state index >= 15 is 0 Å². The number of hydrogen-bond donors (Lipinski definition) is 0. The van der Waals surface area contributed by atoms with Crippen molar-refractivity contribution in [1.82, 2.24) is 19.5 Å². The number of nitrogens with zero attached hydrogens (tertiary/aromatic N) is 4. The highest BCUT2D eigenvalue weighted by Gasteiger charge is 2.34. The molecule has 1 saturated carbocycles.